The van der Waals surface area contributed by atoms with E-state index in [1.54, 1.807) is 25.2 Å². The molecule has 21 heavy (non-hydrogen) atoms. The highest BCUT2D eigenvalue weighted by Crippen LogP contribution is 2.29. The molecule has 1 aromatic carbocycles. The lowest BCUT2D eigenvalue weighted by Crippen LogP contribution is -2.39. The zero-order valence-electron chi connectivity index (χ0n) is 12.3. The normalized spacial score (nSPS) is 19.7. The van der Waals surface area contributed by atoms with Gasteiger partial charge < -0.3 is 10.1 Å². The second-order valence-electron chi connectivity index (χ2n) is 5.29. The summed E-state index contributed by atoms with van der Waals surface area (Å²) in [6.45, 7) is 2.41. The number of piperidine rings is 1. The fourth-order valence-corrected chi connectivity index (χ4v) is 4.50. The number of benzene rings is 1. The Balaban J connectivity index is 2.22. The van der Waals surface area contributed by atoms with Gasteiger partial charge >= 0.3 is 0 Å². The van der Waals surface area contributed by atoms with Gasteiger partial charge in [-0.15, -0.1) is 0 Å². The molecule has 7 heteroatoms. The Labute approximate surface area is 134 Å². The summed E-state index contributed by atoms with van der Waals surface area (Å²) in [5.74, 6) is 0.725. The van der Waals surface area contributed by atoms with Gasteiger partial charge in [-0.2, -0.15) is 0 Å². The van der Waals surface area contributed by atoms with Gasteiger partial charge in [0.05, 0.1) is 7.11 Å². The Morgan fingerprint density at radius 2 is 2.24 bits per heavy atom. The van der Waals surface area contributed by atoms with Gasteiger partial charge in [0.25, 0.3) is 0 Å². The van der Waals surface area contributed by atoms with Gasteiger partial charge in [-0.1, -0.05) is 15.9 Å². The maximum absolute atomic E-state index is 12.7. The SMILES string of the molecule is COc1ccc(Br)cc1S(=O)(=O)N(C)CC1CCCNC1. The standard InChI is InChI=1S/C14H21BrN2O3S/c1-17(10-11-4-3-7-16-9-11)21(18,19)14-8-12(15)5-6-13(14)20-2/h5-6,8,11,16H,3-4,7,9-10H2,1-2H3. The largest absolute Gasteiger partial charge is 0.495 e. The summed E-state index contributed by atoms with van der Waals surface area (Å²) in [5, 5.41) is 3.31. The molecule has 2 rings (SSSR count). The van der Waals surface area contributed by atoms with Crippen LogP contribution in [0.4, 0.5) is 0 Å². The molecule has 1 aliphatic heterocycles. The van der Waals surface area contributed by atoms with Crippen molar-refractivity contribution < 1.29 is 13.2 Å². The Morgan fingerprint density at radius 1 is 1.48 bits per heavy atom. The summed E-state index contributed by atoms with van der Waals surface area (Å²) in [6.07, 6.45) is 2.15. The number of hydrogen-bond acceptors (Lipinski definition) is 4. The Kier molecular flexibility index (Phi) is 5.65. The number of halogens is 1. The summed E-state index contributed by atoms with van der Waals surface area (Å²) in [7, 11) is -0.444. The third kappa shape index (κ3) is 3.97. The van der Waals surface area contributed by atoms with Crippen LogP contribution in [0.2, 0.25) is 0 Å². The molecule has 0 saturated carbocycles. The fourth-order valence-electron chi connectivity index (χ4n) is 2.56. The van der Waals surface area contributed by atoms with Crippen LogP contribution in [-0.2, 0) is 10.0 Å². The zero-order chi connectivity index (χ0) is 15.5. The molecular formula is C14H21BrN2O3S. The average Bonchev–Trinajstić information content (AvgIpc) is 2.48. The van der Waals surface area contributed by atoms with Crippen molar-refractivity contribution in [1.29, 1.82) is 0 Å². The molecule has 1 saturated heterocycles. The smallest absolute Gasteiger partial charge is 0.246 e. The molecule has 1 heterocycles. The second kappa shape index (κ2) is 7.09. The highest BCUT2D eigenvalue weighted by atomic mass is 79.9. The van der Waals surface area contributed by atoms with Crippen LogP contribution in [0.3, 0.4) is 0 Å². The Morgan fingerprint density at radius 3 is 2.86 bits per heavy atom. The highest BCUT2D eigenvalue weighted by Gasteiger charge is 2.27. The van der Waals surface area contributed by atoms with Gasteiger partial charge in [-0.05, 0) is 50.0 Å². The monoisotopic (exact) mass is 376 g/mol. The van der Waals surface area contributed by atoms with Gasteiger partial charge in [0.1, 0.15) is 10.6 Å². The zero-order valence-corrected chi connectivity index (χ0v) is 14.7. The van der Waals surface area contributed by atoms with Gasteiger partial charge in [-0.3, -0.25) is 0 Å². The lowest BCUT2D eigenvalue weighted by atomic mass is 10.00. The number of nitrogens with one attached hydrogen (secondary N) is 1. The summed E-state index contributed by atoms with van der Waals surface area (Å²) in [6, 6.07) is 5.01. The van der Waals surface area contributed by atoms with Crippen molar-refractivity contribution in [2.24, 2.45) is 5.92 Å². The van der Waals surface area contributed by atoms with E-state index >= 15 is 0 Å². The van der Waals surface area contributed by atoms with Crippen molar-refractivity contribution >= 4 is 26.0 Å². The van der Waals surface area contributed by atoms with E-state index in [1.807, 2.05) is 0 Å². The first-order valence-electron chi connectivity index (χ1n) is 6.95. The van der Waals surface area contributed by atoms with Crippen molar-refractivity contribution in [2.75, 3.05) is 33.8 Å². The first-order valence-corrected chi connectivity index (χ1v) is 9.19. The minimum absolute atomic E-state index is 0.200. The predicted octanol–water partition coefficient (Wildman–Crippen LogP) is 2.08. The van der Waals surface area contributed by atoms with E-state index in [4.69, 9.17) is 4.74 Å². The molecule has 5 nitrogen and oxygen atoms in total. The van der Waals surface area contributed by atoms with Gasteiger partial charge in [0.15, 0.2) is 0 Å². The molecule has 1 unspecified atom stereocenters. The Bertz CT molecular complexity index is 586. The molecule has 0 aromatic heterocycles. The molecule has 0 radical (unpaired) electrons. The maximum atomic E-state index is 12.7. The third-order valence-electron chi connectivity index (χ3n) is 3.73. The number of sulfonamides is 1. The molecule has 0 bridgehead atoms. The van der Waals surface area contributed by atoms with Gasteiger partial charge in [0, 0.05) is 18.1 Å². The summed E-state index contributed by atoms with van der Waals surface area (Å²) in [4.78, 5) is 0.200. The number of hydrogen-bond donors (Lipinski definition) is 1. The minimum Gasteiger partial charge on any atom is -0.495 e. The van der Waals surface area contributed by atoms with Crippen LogP contribution in [0.25, 0.3) is 0 Å². The van der Waals surface area contributed by atoms with E-state index in [2.05, 4.69) is 21.2 Å². The van der Waals surface area contributed by atoms with Crippen molar-refractivity contribution in [2.45, 2.75) is 17.7 Å². The maximum Gasteiger partial charge on any atom is 0.246 e. The van der Waals surface area contributed by atoms with E-state index in [-0.39, 0.29) is 4.90 Å². The van der Waals surface area contributed by atoms with Crippen LogP contribution >= 0.6 is 15.9 Å². The lowest BCUT2D eigenvalue weighted by Gasteiger charge is -2.27. The van der Waals surface area contributed by atoms with Gasteiger partial charge in [-0.25, -0.2) is 12.7 Å². The van der Waals surface area contributed by atoms with Crippen LogP contribution in [0.1, 0.15) is 12.8 Å². The molecule has 1 N–H and O–H groups in total. The highest BCUT2D eigenvalue weighted by molar-refractivity contribution is 9.10. The lowest BCUT2D eigenvalue weighted by molar-refractivity contribution is 0.313. The van der Waals surface area contributed by atoms with E-state index in [1.165, 1.54) is 11.4 Å². The molecule has 0 aliphatic carbocycles. The Hall–Kier alpha value is -0.630. The van der Waals surface area contributed by atoms with E-state index in [9.17, 15) is 8.42 Å². The van der Waals surface area contributed by atoms with Crippen molar-refractivity contribution in [3.63, 3.8) is 0 Å². The van der Waals surface area contributed by atoms with Crippen LogP contribution in [0.5, 0.6) is 5.75 Å². The topological polar surface area (TPSA) is 58.6 Å². The number of rotatable bonds is 5. The molecule has 1 atom stereocenters. The first-order chi connectivity index (χ1) is 9.95. The molecule has 0 amide bonds. The fraction of sp³-hybridized carbons (Fsp3) is 0.571. The second-order valence-corrected chi connectivity index (χ2v) is 8.22. The van der Waals surface area contributed by atoms with Crippen molar-refractivity contribution in [3.8, 4) is 5.75 Å². The molecular weight excluding hydrogens is 356 g/mol. The van der Waals surface area contributed by atoms with Crippen LogP contribution < -0.4 is 10.1 Å². The summed E-state index contributed by atoms with van der Waals surface area (Å²) >= 11 is 3.32. The number of methoxy groups -OCH3 is 1. The molecule has 0 spiro atoms. The van der Waals surface area contributed by atoms with E-state index in [0.717, 1.165) is 30.4 Å². The molecule has 118 valence electrons. The molecule has 1 aromatic rings. The van der Waals surface area contributed by atoms with Crippen molar-refractivity contribution in [1.82, 2.24) is 9.62 Å². The van der Waals surface area contributed by atoms with Gasteiger partial charge in [0.2, 0.25) is 10.0 Å². The molecule has 1 aliphatic rings. The van der Waals surface area contributed by atoms with E-state index < -0.39 is 10.0 Å². The number of nitrogens with zero attached hydrogens (tertiary/aromatic N) is 1. The summed E-state index contributed by atoms with van der Waals surface area (Å²) < 4.78 is 32.8. The summed E-state index contributed by atoms with van der Waals surface area (Å²) in [5.41, 5.74) is 0. The third-order valence-corrected chi connectivity index (χ3v) is 6.07. The predicted molar refractivity (Wildman–Crippen MR) is 86.1 cm³/mol. The molecule has 1 fully saturated rings. The first kappa shape index (κ1) is 16.7. The van der Waals surface area contributed by atoms with Crippen LogP contribution in [0.15, 0.2) is 27.6 Å². The minimum atomic E-state index is -3.55. The van der Waals surface area contributed by atoms with E-state index in [0.29, 0.717) is 18.2 Å². The van der Waals surface area contributed by atoms with Crippen molar-refractivity contribution in [3.05, 3.63) is 22.7 Å². The average molecular weight is 377 g/mol. The van der Waals surface area contributed by atoms with Crippen LogP contribution in [0, 0.1) is 5.92 Å². The number of ether oxygens (including phenoxy) is 1. The van der Waals surface area contributed by atoms with Crippen LogP contribution in [-0.4, -0.2) is 46.5 Å². The quantitative estimate of drug-likeness (QED) is 0.854.